The van der Waals surface area contributed by atoms with Gasteiger partial charge in [0, 0.05) is 6.42 Å². The molecular weight excluding hydrogens is 178 g/mol. The lowest BCUT2D eigenvalue weighted by Gasteiger charge is -2.01. The molecule has 1 heterocycles. The highest BCUT2D eigenvalue weighted by atomic mass is 16.1. The molecule has 0 radical (unpaired) electrons. The van der Waals surface area contributed by atoms with Crippen LogP contribution in [-0.2, 0) is 4.79 Å². The Hall–Kier alpha value is -1.45. The van der Waals surface area contributed by atoms with Gasteiger partial charge in [0.2, 0.25) is 5.91 Å². The Morgan fingerprint density at radius 3 is 2.29 bits per heavy atom. The molecule has 4 heteroatoms. The zero-order valence-electron chi connectivity index (χ0n) is 9.16. The molecule has 4 nitrogen and oxygen atoms in total. The molecule has 0 saturated carbocycles. The maximum absolute atomic E-state index is 10.9. The average molecular weight is 195 g/mol. The number of hydrogen-bond donors (Lipinski definition) is 1. The smallest absolute Gasteiger partial charge is 0.224 e. The quantitative estimate of drug-likeness (QED) is 0.786. The molecule has 0 aliphatic carbocycles. The summed E-state index contributed by atoms with van der Waals surface area (Å²) in [4.78, 5) is 18.8. The van der Waals surface area contributed by atoms with Gasteiger partial charge in [0.25, 0.3) is 0 Å². The maximum atomic E-state index is 10.9. The van der Waals surface area contributed by atoms with Crippen molar-refractivity contribution in [1.82, 2.24) is 9.97 Å². The van der Waals surface area contributed by atoms with E-state index < -0.39 is 0 Å². The third-order valence-corrected chi connectivity index (χ3v) is 1.39. The van der Waals surface area contributed by atoms with Crippen LogP contribution in [0, 0.1) is 6.92 Å². The third kappa shape index (κ3) is 4.54. The molecule has 1 N–H and O–H groups in total. The van der Waals surface area contributed by atoms with Crippen LogP contribution < -0.4 is 5.32 Å². The van der Waals surface area contributed by atoms with Crippen molar-refractivity contribution in [2.45, 2.75) is 34.1 Å². The van der Waals surface area contributed by atoms with Crippen LogP contribution in [0.1, 0.15) is 33.0 Å². The number of amides is 1. The summed E-state index contributed by atoms with van der Waals surface area (Å²) in [5.74, 6) is 0.673. The van der Waals surface area contributed by atoms with Gasteiger partial charge in [-0.25, -0.2) is 9.97 Å². The molecule has 0 aromatic carbocycles. The minimum atomic E-state index is -0.0255. The second kappa shape index (κ2) is 7.00. The van der Waals surface area contributed by atoms with Gasteiger partial charge in [-0.15, -0.1) is 0 Å². The third-order valence-electron chi connectivity index (χ3n) is 1.39. The van der Waals surface area contributed by atoms with E-state index in [1.165, 1.54) is 0 Å². The highest BCUT2D eigenvalue weighted by Crippen LogP contribution is 2.02. The molecule has 0 aliphatic heterocycles. The fourth-order valence-electron chi connectivity index (χ4n) is 0.707. The molecule has 1 amide bonds. The fourth-order valence-corrected chi connectivity index (χ4v) is 0.707. The predicted octanol–water partition coefficient (Wildman–Crippen LogP) is 2.16. The second-order valence-electron chi connectivity index (χ2n) is 2.42. The number of nitrogens with one attached hydrogen (secondary N) is 1. The summed E-state index contributed by atoms with van der Waals surface area (Å²) in [7, 11) is 0. The molecule has 0 fully saturated rings. The van der Waals surface area contributed by atoms with Crippen LogP contribution in [0.4, 0.5) is 5.69 Å². The number of hydrogen-bond acceptors (Lipinski definition) is 3. The number of nitrogens with zero attached hydrogens (tertiary/aromatic N) is 2. The van der Waals surface area contributed by atoms with Crippen molar-refractivity contribution in [3.63, 3.8) is 0 Å². The molecule has 14 heavy (non-hydrogen) atoms. The standard InChI is InChI=1S/C8H11N3O.C2H6/c1-3-8(12)11-7-4-9-6(2)10-5-7;1-2/h4-5H,3H2,1-2H3,(H,11,12);1-2H3. The molecule has 78 valence electrons. The van der Waals surface area contributed by atoms with Gasteiger partial charge in [0.05, 0.1) is 18.1 Å². The van der Waals surface area contributed by atoms with E-state index in [0.717, 1.165) is 0 Å². The van der Waals surface area contributed by atoms with Crippen molar-refractivity contribution >= 4 is 11.6 Å². The summed E-state index contributed by atoms with van der Waals surface area (Å²) < 4.78 is 0. The fraction of sp³-hybridized carbons (Fsp3) is 0.500. The Morgan fingerprint density at radius 1 is 1.36 bits per heavy atom. The van der Waals surface area contributed by atoms with Crippen molar-refractivity contribution in [3.8, 4) is 0 Å². The van der Waals surface area contributed by atoms with E-state index in [9.17, 15) is 4.79 Å². The van der Waals surface area contributed by atoms with Gasteiger partial charge in [-0.3, -0.25) is 4.79 Å². The lowest BCUT2D eigenvalue weighted by molar-refractivity contribution is -0.115. The largest absolute Gasteiger partial charge is 0.323 e. The van der Waals surface area contributed by atoms with Gasteiger partial charge >= 0.3 is 0 Å². The molecule has 0 aliphatic rings. The zero-order chi connectivity index (χ0) is 11.0. The van der Waals surface area contributed by atoms with E-state index in [1.54, 1.807) is 26.2 Å². The first-order chi connectivity index (χ1) is 6.72. The summed E-state index contributed by atoms with van der Waals surface area (Å²) in [5.41, 5.74) is 0.646. The molecule has 0 atom stereocenters. The molecule has 0 saturated heterocycles. The summed E-state index contributed by atoms with van der Waals surface area (Å²) in [5, 5.41) is 2.65. The number of rotatable bonds is 2. The van der Waals surface area contributed by atoms with Crippen LogP contribution >= 0.6 is 0 Å². The van der Waals surface area contributed by atoms with Gasteiger partial charge in [0.1, 0.15) is 5.82 Å². The summed E-state index contributed by atoms with van der Waals surface area (Å²) in [6.45, 7) is 7.59. The Labute approximate surface area is 84.8 Å². The second-order valence-corrected chi connectivity index (χ2v) is 2.42. The molecule has 0 bridgehead atoms. The van der Waals surface area contributed by atoms with E-state index in [2.05, 4.69) is 15.3 Å². The maximum Gasteiger partial charge on any atom is 0.224 e. The predicted molar refractivity (Wildman–Crippen MR) is 57.0 cm³/mol. The zero-order valence-corrected chi connectivity index (χ0v) is 9.16. The Kier molecular flexibility index (Phi) is 6.28. The van der Waals surface area contributed by atoms with Gasteiger partial charge in [-0.1, -0.05) is 20.8 Å². The van der Waals surface area contributed by atoms with Crippen molar-refractivity contribution in [2.75, 3.05) is 5.32 Å². The average Bonchev–Trinajstić information content (AvgIpc) is 2.24. The Bertz CT molecular complexity index is 269. The van der Waals surface area contributed by atoms with E-state index in [0.29, 0.717) is 17.9 Å². The number of aromatic nitrogens is 2. The Morgan fingerprint density at radius 2 is 1.86 bits per heavy atom. The van der Waals surface area contributed by atoms with E-state index >= 15 is 0 Å². The lowest BCUT2D eigenvalue weighted by atomic mass is 10.4. The molecule has 0 spiro atoms. The normalized spacial score (nSPS) is 8.57. The summed E-state index contributed by atoms with van der Waals surface area (Å²) in [6, 6.07) is 0. The van der Waals surface area contributed by atoms with E-state index in [1.807, 2.05) is 13.8 Å². The van der Waals surface area contributed by atoms with Gasteiger partial charge in [-0.05, 0) is 6.92 Å². The minimum Gasteiger partial charge on any atom is -0.323 e. The highest BCUT2D eigenvalue weighted by molar-refractivity contribution is 5.89. The minimum absolute atomic E-state index is 0.0255. The molecule has 0 unspecified atom stereocenters. The van der Waals surface area contributed by atoms with Crippen LogP contribution in [0.3, 0.4) is 0 Å². The summed E-state index contributed by atoms with van der Waals surface area (Å²) in [6.07, 6.45) is 3.65. The highest BCUT2D eigenvalue weighted by Gasteiger charge is 1.98. The number of aryl methyl sites for hydroxylation is 1. The number of anilines is 1. The van der Waals surface area contributed by atoms with Gasteiger partial charge in [0.15, 0.2) is 0 Å². The topological polar surface area (TPSA) is 54.9 Å². The number of carbonyl (C=O) groups excluding carboxylic acids is 1. The molecule has 1 aromatic heterocycles. The first-order valence-corrected chi connectivity index (χ1v) is 4.81. The van der Waals surface area contributed by atoms with Crippen LogP contribution in [0.25, 0.3) is 0 Å². The first-order valence-electron chi connectivity index (χ1n) is 4.81. The van der Waals surface area contributed by atoms with Crippen molar-refractivity contribution < 1.29 is 4.79 Å². The number of carbonyl (C=O) groups is 1. The van der Waals surface area contributed by atoms with Crippen LogP contribution in [0.15, 0.2) is 12.4 Å². The van der Waals surface area contributed by atoms with Gasteiger partial charge < -0.3 is 5.32 Å². The van der Waals surface area contributed by atoms with Crippen LogP contribution in [0.5, 0.6) is 0 Å². The monoisotopic (exact) mass is 195 g/mol. The van der Waals surface area contributed by atoms with Crippen molar-refractivity contribution in [1.29, 1.82) is 0 Å². The lowest BCUT2D eigenvalue weighted by Crippen LogP contribution is -2.09. The molecule has 1 aromatic rings. The van der Waals surface area contributed by atoms with E-state index in [4.69, 9.17) is 0 Å². The first kappa shape index (κ1) is 12.6. The SMILES string of the molecule is CC.CCC(=O)Nc1cnc(C)nc1. The van der Waals surface area contributed by atoms with Crippen LogP contribution in [0.2, 0.25) is 0 Å². The Balaban J connectivity index is 0.000000791. The van der Waals surface area contributed by atoms with Crippen molar-refractivity contribution in [2.24, 2.45) is 0 Å². The van der Waals surface area contributed by atoms with E-state index in [-0.39, 0.29) is 5.91 Å². The molecule has 1 rings (SSSR count). The van der Waals surface area contributed by atoms with Gasteiger partial charge in [-0.2, -0.15) is 0 Å². The summed E-state index contributed by atoms with van der Waals surface area (Å²) >= 11 is 0. The van der Waals surface area contributed by atoms with Crippen molar-refractivity contribution in [3.05, 3.63) is 18.2 Å². The molecular formula is C10H17N3O. The van der Waals surface area contributed by atoms with Crippen LogP contribution in [-0.4, -0.2) is 15.9 Å².